The van der Waals surface area contributed by atoms with E-state index in [4.69, 9.17) is 9.84 Å². The molecule has 0 atom stereocenters. The second kappa shape index (κ2) is 7.82. The number of likely N-dealkylation sites (tertiary alicyclic amines) is 1. The van der Waals surface area contributed by atoms with E-state index in [-0.39, 0.29) is 5.91 Å². The Balaban J connectivity index is 1.46. The monoisotopic (exact) mass is 368 g/mol. The first-order chi connectivity index (χ1) is 13.2. The number of methoxy groups -OCH3 is 1. The van der Waals surface area contributed by atoms with Crippen LogP contribution >= 0.6 is 0 Å². The van der Waals surface area contributed by atoms with Gasteiger partial charge in [-0.15, -0.1) is 0 Å². The van der Waals surface area contributed by atoms with Crippen LogP contribution in [0, 0.1) is 0 Å². The van der Waals surface area contributed by atoms with Gasteiger partial charge < -0.3 is 9.64 Å². The summed E-state index contributed by atoms with van der Waals surface area (Å²) in [6, 6.07) is 7.71. The molecule has 2 aliphatic rings. The maximum Gasteiger partial charge on any atom is 0.254 e. The topological polar surface area (TPSA) is 50.6 Å². The SMILES string of the molecule is COCc1ccc(C(=O)N2Cc3c(CN4CCCCC4)nn(C)c3C2)cc1. The summed E-state index contributed by atoms with van der Waals surface area (Å²) in [4.78, 5) is 17.4. The van der Waals surface area contributed by atoms with Gasteiger partial charge >= 0.3 is 0 Å². The van der Waals surface area contributed by atoms with Crippen LogP contribution in [0.3, 0.4) is 0 Å². The third-order valence-electron chi connectivity index (χ3n) is 5.67. The van der Waals surface area contributed by atoms with E-state index in [0.29, 0.717) is 19.7 Å². The number of aromatic nitrogens is 2. The molecule has 0 bridgehead atoms. The van der Waals surface area contributed by atoms with Crippen molar-refractivity contribution < 1.29 is 9.53 Å². The van der Waals surface area contributed by atoms with Crippen LogP contribution in [0.2, 0.25) is 0 Å². The summed E-state index contributed by atoms with van der Waals surface area (Å²) in [6.07, 6.45) is 3.89. The normalized spacial score (nSPS) is 17.3. The minimum absolute atomic E-state index is 0.0825. The number of carbonyl (C=O) groups is 1. The van der Waals surface area contributed by atoms with Gasteiger partial charge in [0.2, 0.25) is 0 Å². The number of piperidine rings is 1. The highest BCUT2D eigenvalue weighted by Crippen LogP contribution is 2.28. The summed E-state index contributed by atoms with van der Waals surface area (Å²) < 4.78 is 7.10. The molecule has 1 saturated heterocycles. The molecular formula is C21H28N4O2. The van der Waals surface area contributed by atoms with Crippen LogP contribution in [-0.4, -0.2) is 45.7 Å². The molecule has 1 amide bonds. The molecule has 6 nitrogen and oxygen atoms in total. The molecule has 0 radical (unpaired) electrons. The van der Waals surface area contributed by atoms with E-state index in [9.17, 15) is 4.79 Å². The van der Waals surface area contributed by atoms with E-state index < -0.39 is 0 Å². The fourth-order valence-electron chi connectivity index (χ4n) is 4.16. The third-order valence-corrected chi connectivity index (χ3v) is 5.67. The van der Waals surface area contributed by atoms with Crippen molar-refractivity contribution in [2.75, 3.05) is 20.2 Å². The van der Waals surface area contributed by atoms with Crippen LogP contribution in [0.5, 0.6) is 0 Å². The van der Waals surface area contributed by atoms with Crippen molar-refractivity contribution in [2.24, 2.45) is 7.05 Å². The van der Waals surface area contributed by atoms with Gasteiger partial charge in [0.1, 0.15) is 0 Å². The maximum atomic E-state index is 12.9. The number of carbonyl (C=O) groups excluding carboxylic acids is 1. The molecule has 1 aromatic carbocycles. The zero-order valence-electron chi connectivity index (χ0n) is 16.3. The van der Waals surface area contributed by atoms with E-state index in [1.54, 1.807) is 7.11 Å². The predicted octanol–water partition coefficient (Wildman–Crippen LogP) is 2.71. The number of amides is 1. The molecule has 1 fully saturated rings. The van der Waals surface area contributed by atoms with Crippen molar-refractivity contribution in [3.63, 3.8) is 0 Å². The summed E-state index contributed by atoms with van der Waals surface area (Å²) in [7, 11) is 3.67. The largest absolute Gasteiger partial charge is 0.380 e. The highest BCUT2D eigenvalue weighted by molar-refractivity contribution is 5.94. The number of nitrogens with zero attached hydrogens (tertiary/aromatic N) is 4. The van der Waals surface area contributed by atoms with Crippen molar-refractivity contribution in [2.45, 2.75) is 45.5 Å². The summed E-state index contributed by atoms with van der Waals surface area (Å²) in [5, 5.41) is 4.75. The average Bonchev–Trinajstić information content (AvgIpc) is 3.25. The Labute approximate surface area is 160 Å². The van der Waals surface area contributed by atoms with Gasteiger partial charge in [0.15, 0.2) is 0 Å². The van der Waals surface area contributed by atoms with Crippen molar-refractivity contribution in [3.05, 3.63) is 52.3 Å². The minimum atomic E-state index is 0.0825. The van der Waals surface area contributed by atoms with Crippen molar-refractivity contribution in [1.29, 1.82) is 0 Å². The quantitative estimate of drug-likeness (QED) is 0.814. The summed E-state index contributed by atoms with van der Waals surface area (Å²) in [5.74, 6) is 0.0825. The van der Waals surface area contributed by atoms with E-state index in [1.807, 2.05) is 40.9 Å². The molecule has 4 rings (SSSR count). The molecule has 0 spiro atoms. The first kappa shape index (κ1) is 18.2. The number of ether oxygens (including phenoxy) is 1. The van der Waals surface area contributed by atoms with Gasteiger partial charge in [-0.1, -0.05) is 18.6 Å². The Kier molecular flexibility index (Phi) is 5.27. The Morgan fingerprint density at radius 2 is 1.85 bits per heavy atom. The standard InChI is InChI=1S/C21H28N4O2/c1-23-20-14-25(21(26)17-8-6-16(7-9-17)15-27-2)12-18(20)19(22-23)13-24-10-4-3-5-11-24/h6-9H,3-5,10-15H2,1-2H3. The van der Waals surface area contributed by atoms with Gasteiger partial charge in [0, 0.05) is 31.8 Å². The molecule has 27 heavy (non-hydrogen) atoms. The first-order valence-electron chi connectivity index (χ1n) is 9.79. The fourth-order valence-corrected chi connectivity index (χ4v) is 4.16. The van der Waals surface area contributed by atoms with Crippen LogP contribution in [0.15, 0.2) is 24.3 Å². The maximum absolute atomic E-state index is 12.9. The van der Waals surface area contributed by atoms with E-state index in [1.165, 1.54) is 30.5 Å². The molecular weight excluding hydrogens is 340 g/mol. The van der Waals surface area contributed by atoms with Crippen molar-refractivity contribution in [3.8, 4) is 0 Å². The highest BCUT2D eigenvalue weighted by Gasteiger charge is 2.30. The number of benzene rings is 1. The molecule has 0 unspecified atom stereocenters. The van der Waals surface area contributed by atoms with Gasteiger partial charge in [-0.3, -0.25) is 14.4 Å². The molecule has 144 valence electrons. The lowest BCUT2D eigenvalue weighted by atomic mass is 10.1. The van der Waals surface area contributed by atoms with Crippen LogP contribution in [0.4, 0.5) is 0 Å². The molecule has 0 N–H and O–H groups in total. The van der Waals surface area contributed by atoms with E-state index in [2.05, 4.69) is 4.90 Å². The lowest BCUT2D eigenvalue weighted by Crippen LogP contribution is -2.30. The molecule has 6 heteroatoms. The Morgan fingerprint density at radius 1 is 1.11 bits per heavy atom. The summed E-state index contributed by atoms with van der Waals surface area (Å²) in [6.45, 7) is 5.07. The lowest BCUT2D eigenvalue weighted by molar-refractivity contribution is 0.0747. The van der Waals surface area contributed by atoms with Crippen LogP contribution in [0.1, 0.15) is 52.1 Å². The van der Waals surface area contributed by atoms with Crippen molar-refractivity contribution in [1.82, 2.24) is 19.6 Å². The van der Waals surface area contributed by atoms with Gasteiger partial charge in [0.05, 0.1) is 31.1 Å². The smallest absolute Gasteiger partial charge is 0.254 e. The lowest BCUT2D eigenvalue weighted by Gasteiger charge is -2.26. The number of hydrogen-bond acceptors (Lipinski definition) is 4. The van der Waals surface area contributed by atoms with Gasteiger partial charge in [0.25, 0.3) is 5.91 Å². The number of rotatable bonds is 5. The van der Waals surface area contributed by atoms with Gasteiger partial charge in [-0.05, 0) is 43.6 Å². The summed E-state index contributed by atoms with van der Waals surface area (Å²) >= 11 is 0. The molecule has 0 aliphatic carbocycles. The zero-order chi connectivity index (χ0) is 18.8. The summed E-state index contributed by atoms with van der Waals surface area (Å²) in [5.41, 5.74) is 5.36. The molecule has 1 aromatic heterocycles. The molecule has 3 heterocycles. The number of aryl methyl sites for hydroxylation is 1. The Hall–Kier alpha value is -2.18. The van der Waals surface area contributed by atoms with Crippen LogP contribution < -0.4 is 0 Å². The number of fused-ring (bicyclic) bond motifs is 1. The molecule has 2 aliphatic heterocycles. The Morgan fingerprint density at radius 3 is 2.56 bits per heavy atom. The van der Waals surface area contributed by atoms with Gasteiger partial charge in [-0.25, -0.2) is 0 Å². The second-order valence-corrected chi connectivity index (χ2v) is 7.62. The Bertz CT molecular complexity index is 806. The molecule has 2 aromatic rings. The van der Waals surface area contributed by atoms with Crippen LogP contribution in [0.25, 0.3) is 0 Å². The zero-order valence-corrected chi connectivity index (χ0v) is 16.3. The van der Waals surface area contributed by atoms with Gasteiger partial charge in [-0.2, -0.15) is 5.10 Å². The second-order valence-electron chi connectivity index (χ2n) is 7.62. The fraction of sp³-hybridized carbons (Fsp3) is 0.524. The minimum Gasteiger partial charge on any atom is -0.380 e. The average molecular weight is 368 g/mol. The van der Waals surface area contributed by atoms with Crippen molar-refractivity contribution >= 4 is 5.91 Å². The molecule has 0 saturated carbocycles. The third kappa shape index (κ3) is 3.77. The predicted molar refractivity (Wildman–Crippen MR) is 103 cm³/mol. The van der Waals surface area contributed by atoms with E-state index in [0.717, 1.165) is 36.5 Å². The number of hydrogen-bond donors (Lipinski definition) is 0. The van der Waals surface area contributed by atoms with Crippen LogP contribution in [-0.2, 0) is 38.0 Å². The highest BCUT2D eigenvalue weighted by atomic mass is 16.5. The first-order valence-corrected chi connectivity index (χ1v) is 9.79. The van der Waals surface area contributed by atoms with E-state index >= 15 is 0 Å².